The fourth-order valence-corrected chi connectivity index (χ4v) is 3.39. The molecule has 0 radical (unpaired) electrons. The van der Waals surface area contributed by atoms with E-state index in [0.717, 1.165) is 11.8 Å². The van der Waals surface area contributed by atoms with E-state index in [9.17, 15) is 0 Å². The van der Waals surface area contributed by atoms with Gasteiger partial charge in [0.1, 0.15) is 0 Å². The van der Waals surface area contributed by atoms with Crippen molar-refractivity contribution in [3.63, 3.8) is 0 Å². The van der Waals surface area contributed by atoms with Crippen molar-refractivity contribution in [2.24, 2.45) is 11.8 Å². The number of anilines is 1. The fourth-order valence-electron chi connectivity index (χ4n) is 3.39. The molecule has 1 fully saturated rings. The van der Waals surface area contributed by atoms with Crippen molar-refractivity contribution in [3.8, 4) is 0 Å². The summed E-state index contributed by atoms with van der Waals surface area (Å²) in [7, 11) is 0. The normalized spacial score (nSPS) is 23.1. The van der Waals surface area contributed by atoms with Crippen LogP contribution in [0.2, 0.25) is 0 Å². The standard InChI is InChI=1S/C18H24N2/c1-13(2)14-6-8-16(9-7-14)20-18-5-3-4-15-10-11-19-12-17(15)18/h3-5,10-14,16,20H,6-9H2,1-2H3. The number of rotatable bonds is 3. The van der Waals surface area contributed by atoms with Gasteiger partial charge in [-0.05, 0) is 55.0 Å². The van der Waals surface area contributed by atoms with Crippen LogP contribution >= 0.6 is 0 Å². The Balaban J connectivity index is 1.72. The van der Waals surface area contributed by atoms with Gasteiger partial charge in [0, 0.05) is 29.5 Å². The van der Waals surface area contributed by atoms with E-state index in [1.54, 1.807) is 0 Å². The van der Waals surface area contributed by atoms with E-state index in [2.05, 4.69) is 48.4 Å². The summed E-state index contributed by atoms with van der Waals surface area (Å²) >= 11 is 0. The van der Waals surface area contributed by atoms with Crippen molar-refractivity contribution >= 4 is 16.5 Å². The molecule has 0 bridgehead atoms. The highest BCUT2D eigenvalue weighted by atomic mass is 14.9. The summed E-state index contributed by atoms with van der Waals surface area (Å²) in [6, 6.07) is 9.16. The van der Waals surface area contributed by atoms with Crippen LogP contribution in [0.5, 0.6) is 0 Å². The van der Waals surface area contributed by atoms with E-state index < -0.39 is 0 Å². The lowest BCUT2D eigenvalue weighted by atomic mass is 9.79. The Labute approximate surface area is 121 Å². The zero-order valence-electron chi connectivity index (χ0n) is 12.5. The molecule has 0 aliphatic heterocycles. The van der Waals surface area contributed by atoms with Gasteiger partial charge in [0.2, 0.25) is 0 Å². The summed E-state index contributed by atoms with van der Waals surface area (Å²) in [4.78, 5) is 4.26. The predicted molar refractivity (Wildman–Crippen MR) is 85.9 cm³/mol. The van der Waals surface area contributed by atoms with Crippen LogP contribution in [0.25, 0.3) is 10.8 Å². The maximum atomic E-state index is 4.26. The minimum absolute atomic E-state index is 0.621. The summed E-state index contributed by atoms with van der Waals surface area (Å²) in [6.07, 6.45) is 9.13. The molecule has 20 heavy (non-hydrogen) atoms. The minimum Gasteiger partial charge on any atom is -0.382 e. The Morgan fingerprint density at radius 2 is 1.90 bits per heavy atom. The average molecular weight is 268 g/mol. The Hall–Kier alpha value is -1.57. The molecule has 1 aromatic carbocycles. The number of fused-ring (bicyclic) bond motifs is 1. The second kappa shape index (κ2) is 5.82. The van der Waals surface area contributed by atoms with Crippen LogP contribution in [0.3, 0.4) is 0 Å². The summed E-state index contributed by atoms with van der Waals surface area (Å²) in [6.45, 7) is 4.71. The minimum atomic E-state index is 0.621. The SMILES string of the molecule is CC(C)C1CCC(Nc2cccc3ccncc23)CC1. The molecule has 0 saturated heterocycles. The molecule has 1 aromatic heterocycles. The third-order valence-electron chi connectivity index (χ3n) is 4.76. The molecule has 0 spiro atoms. The van der Waals surface area contributed by atoms with Gasteiger partial charge in [0.15, 0.2) is 0 Å². The van der Waals surface area contributed by atoms with E-state index in [1.807, 2.05) is 12.4 Å². The lowest BCUT2D eigenvalue weighted by Crippen LogP contribution is -2.27. The molecule has 2 nitrogen and oxygen atoms in total. The first-order valence-electron chi connectivity index (χ1n) is 7.83. The van der Waals surface area contributed by atoms with Gasteiger partial charge in [0.25, 0.3) is 0 Å². The monoisotopic (exact) mass is 268 g/mol. The topological polar surface area (TPSA) is 24.9 Å². The Bertz CT molecular complexity index is 563. The molecule has 1 N–H and O–H groups in total. The van der Waals surface area contributed by atoms with E-state index in [4.69, 9.17) is 0 Å². The van der Waals surface area contributed by atoms with Crippen LogP contribution < -0.4 is 5.32 Å². The molecular formula is C18H24N2. The molecule has 1 heterocycles. The van der Waals surface area contributed by atoms with Crippen molar-refractivity contribution in [3.05, 3.63) is 36.7 Å². The number of hydrogen-bond acceptors (Lipinski definition) is 2. The van der Waals surface area contributed by atoms with E-state index >= 15 is 0 Å². The van der Waals surface area contributed by atoms with Crippen molar-refractivity contribution in [1.29, 1.82) is 0 Å². The number of pyridine rings is 1. The van der Waals surface area contributed by atoms with Gasteiger partial charge in [-0.25, -0.2) is 0 Å². The maximum absolute atomic E-state index is 4.26. The summed E-state index contributed by atoms with van der Waals surface area (Å²) in [5.41, 5.74) is 1.24. The molecule has 106 valence electrons. The molecule has 2 aromatic rings. The van der Waals surface area contributed by atoms with Gasteiger partial charge < -0.3 is 5.32 Å². The number of hydrogen-bond donors (Lipinski definition) is 1. The molecular weight excluding hydrogens is 244 g/mol. The van der Waals surface area contributed by atoms with Gasteiger partial charge >= 0.3 is 0 Å². The quantitative estimate of drug-likeness (QED) is 0.859. The molecule has 0 unspecified atom stereocenters. The molecule has 0 atom stereocenters. The van der Waals surface area contributed by atoms with Gasteiger partial charge in [-0.1, -0.05) is 26.0 Å². The number of nitrogens with one attached hydrogen (secondary N) is 1. The summed E-state index contributed by atoms with van der Waals surface area (Å²) in [5.74, 6) is 1.75. The van der Waals surface area contributed by atoms with E-state index in [1.165, 1.54) is 42.1 Å². The third kappa shape index (κ3) is 2.79. The van der Waals surface area contributed by atoms with Crippen molar-refractivity contribution < 1.29 is 0 Å². The molecule has 2 heteroatoms. The van der Waals surface area contributed by atoms with Gasteiger partial charge in [-0.15, -0.1) is 0 Å². The smallest absolute Gasteiger partial charge is 0.0437 e. The van der Waals surface area contributed by atoms with Crippen LogP contribution in [0, 0.1) is 11.8 Å². The van der Waals surface area contributed by atoms with Gasteiger partial charge in [0.05, 0.1) is 0 Å². The molecule has 1 saturated carbocycles. The van der Waals surface area contributed by atoms with E-state index in [-0.39, 0.29) is 0 Å². The lowest BCUT2D eigenvalue weighted by molar-refractivity contribution is 0.267. The summed E-state index contributed by atoms with van der Waals surface area (Å²) in [5, 5.41) is 6.25. The van der Waals surface area contributed by atoms with Crippen LogP contribution in [-0.2, 0) is 0 Å². The first-order chi connectivity index (χ1) is 9.74. The van der Waals surface area contributed by atoms with Crippen LogP contribution in [0.4, 0.5) is 5.69 Å². The van der Waals surface area contributed by atoms with Crippen LogP contribution in [0.1, 0.15) is 39.5 Å². The van der Waals surface area contributed by atoms with E-state index in [0.29, 0.717) is 6.04 Å². The zero-order chi connectivity index (χ0) is 13.9. The van der Waals surface area contributed by atoms with Gasteiger partial charge in [-0.3, -0.25) is 4.98 Å². The molecule has 3 rings (SSSR count). The maximum Gasteiger partial charge on any atom is 0.0437 e. The highest BCUT2D eigenvalue weighted by Crippen LogP contribution is 2.32. The van der Waals surface area contributed by atoms with Crippen molar-refractivity contribution in [2.45, 2.75) is 45.6 Å². The van der Waals surface area contributed by atoms with Crippen LogP contribution in [-0.4, -0.2) is 11.0 Å². The largest absolute Gasteiger partial charge is 0.382 e. The van der Waals surface area contributed by atoms with Crippen molar-refractivity contribution in [2.75, 3.05) is 5.32 Å². The highest BCUT2D eigenvalue weighted by molar-refractivity contribution is 5.93. The lowest BCUT2D eigenvalue weighted by Gasteiger charge is -2.32. The Morgan fingerprint density at radius 1 is 1.10 bits per heavy atom. The highest BCUT2D eigenvalue weighted by Gasteiger charge is 2.23. The second-order valence-electron chi connectivity index (χ2n) is 6.40. The Kier molecular flexibility index (Phi) is 3.90. The third-order valence-corrected chi connectivity index (χ3v) is 4.76. The Morgan fingerprint density at radius 3 is 2.65 bits per heavy atom. The average Bonchev–Trinajstić information content (AvgIpc) is 2.48. The zero-order valence-corrected chi connectivity index (χ0v) is 12.5. The first-order valence-corrected chi connectivity index (χ1v) is 7.83. The predicted octanol–water partition coefficient (Wildman–Crippen LogP) is 4.86. The molecule has 1 aliphatic rings. The fraction of sp³-hybridized carbons (Fsp3) is 0.500. The van der Waals surface area contributed by atoms with Crippen molar-refractivity contribution in [1.82, 2.24) is 4.98 Å². The summed E-state index contributed by atoms with van der Waals surface area (Å²) < 4.78 is 0. The molecule has 0 amide bonds. The first kappa shape index (κ1) is 13.4. The second-order valence-corrected chi connectivity index (χ2v) is 6.40. The number of benzene rings is 1. The van der Waals surface area contributed by atoms with Crippen LogP contribution in [0.15, 0.2) is 36.7 Å². The molecule has 1 aliphatic carbocycles. The van der Waals surface area contributed by atoms with Gasteiger partial charge in [-0.2, -0.15) is 0 Å². The number of nitrogens with zero attached hydrogens (tertiary/aromatic N) is 1. The number of aromatic nitrogens is 1.